The summed E-state index contributed by atoms with van der Waals surface area (Å²) in [6, 6.07) is 15.7. The number of hydrogen-bond acceptors (Lipinski definition) is 4. The quantitative estimate of drug-likeness (QED) is 0.154. The first-order chi connectivity index (χ1) is 16.6. The number of rotatable bonds is 11. The van der Waals surface area contributed by atoms with Crippen molar-refractivity contribution in [2.45, 2.75) is 38.9 Å². The van der Waals surface area contributed by atoms with Crippen LogP contribution in [0.25, 0.3) is 0 Å². The molecule has 0 saturated heterocycles. The van der Waals surface area contributed by atoms with Crippen LogP contribution in [-0.4, -0.2) is 24.1 Å². The first kappa shape index (κ1) is 36.5. The molecular formula is C27H28FeO7. The van der Waals surface area contributed by atoms with E-state index < -0.39 is 6.10 Å². The number of allylic oxidation sites excluding steroid dienone is 4. The van der Waals surface area contributed by atoms with E-state index in [1.54, 1.807) is 19.3 Å². The number of carbonyl (C=O) groups is 1. The number of aryl methyl sites for hydroxylation is 1. The average molecular weight is 520 g/mol. The smallest absolute Gasteiger partial charge is 0 e. The summed E-state index contributed by atoms with van der Waals surface area (Å²) < 4.78 is 33.8. The molecule has 0 aliphatic rings. The molecule has 0 radical (unpaired) electrons. The van der Waals surface area contributed by atoms with Gasteiger partial charge in [-0.05, 0) is 49.1 Å². The standard InChI is InChI=1S/C24H28O4.3CO.Fe/c1-3-4-6-11-21(25)17-22(26)14-12-19-13-15-23(24(16-19)27-2)28-18-20-9-7-5-8-10-20;3*1-2;/h3-11,13,15-16,22,26H,12,14,17-18H2,1-2H3;;;;/b4-3+,11-6+;;;;/t22-;;;;/m1..../s1. The molecule has 0 aromatic heterocycles. The molecule has 8 heteroatoms. The Labute approximate surface area is 217 Å². The van der Waals surface area contributed by atoms with Crippen LogP contribution in [-0.2, 0) is 48.8 Å². The topological polar surface area (TPSA) is 115 Å². The predicted molar refractivity (Wildman–Crippen MR) is 123 cm³/mol. The van der Waals surface area contributed by atoms with Gasteiger partial charge in [0.15, 0.2) is 17.3 Å². The molecule has 0 bridgehead atoms. The van der Waals surface area contributed by atoms with Gasteiger partial charge >= 0.3 is 33.9 Å². The molecule has 0 unspecified atom stereocenters. The Morgan fingerprint density at radius 3 is 2.17 bits per heavy atom. The summed E-state index contributed by atoms with van der Waals surface area (Å²) in [5, 5.41) is 10.1. The fourth-order valence-electron chi connectivity index (χ4n) is 2.73. The Bertz CT molecular complexity index is 917. The number of ketones is 1. The third kappa shape index (κ3) is 17.0. The van der Waals surface area contributed by atoms with Crippen LogP contribution in [0.15, 0.2) is 72.8 Å². The molecule has 0 amide bonds. The van der Waals surface area contributed by atoms with Crippen LogP contribution in [0.2, 0.25) is 0 Å². The summed E-state index contributed by atoms with van der Waals surface area (Å²) in [5.74, 6) is 1.26. The van der Waals surface area contributed by atoms with E-state index in [-0.39, 0.29) is 29.3 Å². The molecule has 0 aliphatic carbocycles. The summed E-state index contributed by atoms with van der Waals surface area (Å²) in [4.78, 5) is 11.8. The number of benzene rings is 2. The van der Waals surface area contributed by atoms with Crippen LogP contribution < -0.4 is 9.47 Å². The molecule has 7 nitrogen and oxygen atoms in total. The van der Waals surface area contributed by atoms with Crippen molar-refractivity contribution in [2.24, 2.45) is 0 Å². The monoisotopic (exact) mass is 520 g/mol. The molecule has 0 aliphatic heterocycles. The van der Waals surface area contributed by atoms with E-state index in [0.717, 1.165) is 11.1 Å². The maximum Gasteiger partial charge on any atom is 0 e. The molecule has 2 rings (SSSR count). The van der Waals surface area contributed by atoms with Gasteiger partial charge in [-0.15, -0.1) is 0 Å². The van der Waals surface area contributed by atoms with E-state index in [2.05, 4.69) is 20.0 Å². The van der Waals surface area contributed by atoms with Crippen molar-refractivity contribution in [2.75, 3.05) is 7.11 Å². The molecule has 2 aromatic rings. The second kappa shape index (κ2) is 25.5. The fourth-order valence-corrected chi connectivity index (χ4v) is 2.73. The zero-order valence-electron chi connectivity index (χ0n) is 19.6. The minimum Gasteiger partial charge on any atom is 0 e. The Morgan fingerprint density at radius 1 is 0.971 bits per heavy atom. The van der Waals surface area contributed by atoms with Gasteiger partial charge in [0.1, 0.15) is 6.61 Å². The molecule has 0 spiro atoms. The maximum absolute atomic E-state index is 11.8. The van der Waals surface area contributed by atoms with Gasteiger partial charge in [0.05, 0.1) is 13.2 Å². The van der Waals surface area contributed by atoms with Crippen molar-refractivity contribution < 1.29 is 50.4 Å². The molecule has 0 saturated carbocycles. The normalized spacial score (nSPS) is 10.1. The van der Waals surface area contributed by atoms with Crippen molar-refractivity contribution in [3.63, 3.8) is 0 Å². The Balaban J connectivity index is -0.00000135. The second-order valence-corrected chi connectivity index (χ2v) is 6.51. The largest absolute Gasteiger partial charge is 0 e. The zero-order valence-corrected chi connectivity index (χ0v) is 20.7. The third-order valence-electron chi connectivity index (χ3n) is 4.25. The number of ether oxygens (including phenoxy) is 2. The summed E-state index contributed by atoms with van der Waals surface area (Å²) in [5.41, 5.74) is 2.12. The van der Waals surface area contributed by atoms with Crippen molar-refractivity contribution >= 4 is 5.78 Å². The number of aliphatic hydroxyl groups is 1. The van der Waals surface area contributed by atoms with E-state index in [9.17, 15) is 9.90 Å². The van der Waals surface area contributed by atoms with Crippen LogP contribution in [0.5, 0.6) is 11.5 Å². The van der Waals surface area contributed by atoms with E-state index in [1.165, 1.54) is 6.08 Å². The van der Waals surface area contributed by atoms with E-state index >= 15 is 0 Å². The van der Waals surface area contributed by atoms with Gasteiger partial charge in [0.25, 0.3) is 0 Å². The molecule has 35 heavy (non-hydrogen) atoms. The third-order valence-corrected chi connectivity index (χ3v) is 4.25. The van der Waals surface area contributed by atoms with Gasteiger partial charge in [-0.3, -0.25) is 4.79 Å². The zero-order chi connectivity index (χ0) is 26.2. The molecule has 1 atom stereocenters. The van der Waals surface area contributed by atoms with E-state index in [4.69, 9.17) is 23.4 Å². The number of carbonyl (C=O) groups excluding carboxylic acids is 1. The van der Waals surface area contributed by atoms with Crippen molar-refractivity contribution in [1.29, 1.82) is 0 Å². The Kier molecular flexibility index (Phi) is 26.6. The van der Waals surface area contributed by atoms with Crippen LogP contribution in [0.3, 0.4) is 0 Å². The van der Waals surface area contributed by atoms with Crippen molar-refractivity contribution in [3.05, 3.63) is 104 Å². The summed E-state index contributed by atoms with van der Waals surface area (Å²) in [7, 11) is 1.61. The molecule has 2 aromatic carbocycles. The van der Waals surface area contributed by atoms with Crippen LogP contribution in [0, 0.1) is 20.0 Å². The Morgan fingerprint density at radius 2 is 1.60 bits per heavy atom. The van der Waals surface area contributed by atoms with Gasteiger partial charge in [-0.25, -0.2) is 0 Å². The SMILES string of the molecule is C/C=C/C=C/C(=O)C[C@H](O)CCc1ccc(OCc2ccccc2)c(OC)c1.[C-]#[O+].[C-]#[O+].[C-]#[O+].[Fe]. The van der Waals surface area contributed by atoms with Crippen molar-refractivity contribution in [3.8, 4) is 11.5 Å². The van der Waals surface area contributed by atoms with Gasteiger partial charge in [0, 0.05) is 23.5 Å². The van der Waals surface area contributed by atoms with E-state index in [1.807, 2.05) is 61.5 Å². The van der Waals surface area contributed by atoms with Crippen LogP contribution >= 0.6 is 0 Å². The van der Waals surface area contributed by atoms with Gasteiger partial charge in [-0.2, -0.15) is 0 Å². The molecule has 0 heterocycles. The summed E-state index contributed by atoms with van der Waals surface area (Å²) in [6.07, 6.45) is 7.45. The number of methoxy groups -OCH3 is 1. The van der Waals surface area contributed by atoms with Crippen LogP contribution in [0.1, 0.15) is 30.9 Å². The Hall–Kier alpha value is -3.11. The minimum atomic E-state index is -0.664. The maximum atomic E-state index is 11.8. The summed E-state index contributed by atoms with van der Waals surface area (Å²) in [6.45, 7) is 15.9. The second-order valence-electron chi connectivity index (χ2n) is 6.51. The number of hydrogen-bond donors (Lipinski definition) is 1. The van der Waals surface area contributed by atoms with Crippen LogP contribution in [0.4, 0.5) is 0 Å². The van der Waals surface area contributed by atoms with E-state index in [0.29, 0.717) is 30.9 Å². The molecule has 186 valence electrons. The minimum absolute atomic E-state index is 0. The molecular weight excluding hydrogens is 492 g/mol. The first-order valence-electron chi connectivity index (χ1n) is 10.1. The summed E-state index contributed by atoms with van der Waals surface area (Å²) >= 11 is 0. The molecule has 1 N–H and O–H groups in total. The van der Waals surface area contributed by atoms with Gasteiger partial charge in [0.2, 0.25) is 0 Å². The van der Waals surface area contributed by atoms with Gasteiger partial charge in [-0.1, -0.05) is 54.6 Å². The fraction of sp³-hybridized carbons (Fsp3) is 0.259. The van der Waals surface area contributed by atoms with Crippen molar-refractivity contribution in [1.82, 2.24) is 0 Å². The predicted octanol–water partition coefficient (Wildman–Crippen LogP) is 4.54. The average Bonchev–Trinajstić information content (AvgIpc) is 2.90. The van der Waals surface area contributed by atoms with Gasteiger partial charge < -0.3 is 14.6 Å². The molecule has 0 fully saturated rings. The number of aliphatic hydroxyl groups excluding tert-OH is 1. The first-order valence-corrected chi connectivity index (χ1v) is 10.1.